The van der Waals surface area contributed by atoms with Gasteiger partial charge >= 0.3 is 12.1 Å². The second kappa shape index (κ2) is 10.9. The van der Waals surface area contributed by atoms with Gasteiger partial charge in [-0.2, -0.15) is 13.2 Å². The number of nitrogens with zero attached hydrogens (tertiary/aromatic N) is 1. The first-order valence-electron chi connectivity index (χ1n) is 9.12. The zero-order chi connectivity index (χ0) is 22.3. The van der Waals surface area contributed by atoms with Crippen LogP contribution in [0, 0.1) is 0 Å². The number of carbonyl (C=O) groups excluding carboxylic acids is 1. The number of carbonyl (C=O) groups is 1. The average Bonchev–Trinajstić information content (AvgIpc) is 2.75. The molecule has 0 saturated heterocycles. The number of rotatable bonds is 7. The highest BCUT2D eigenvalue weighted by Gasteiger charge is 2.42. The average molecular weight is 524 g/mol. The zero-order valence-corrected chi connectivity index (χ0v) is 19.3. The van der Waals surface area contributed by atoms with E-state index in [1.165, 1.54) is 29.7 Å². The van der Waals surface area contributed by atoms with Crippen LogP contribution in [0.2, 0.25) is 0 Å². The number of benzene rings is 3. The molecule has 0 saturated carbocycles. The summed E-state index contributed by atoms with van der Waals surface area (Å²) in [4.78, 5) is 14.7. The molecule has 3 aromatic rings. The SMILES string of the molecule is O=C(N(C=C(Sc1ccccc1)Sc1ccccc1)Cc1ccccc1Br)C(F)(F)F. The van der Waals surface area contributed by atoms with Crippen LogP contribution >= 0.6 is 39.5 Å². The number of halogens is 4. The van der Waals surface area contributed by atoms with Gasteiger partial charge in [0.05, 0.1) is 10.8 Å². The number of amides is 1. The summed E-state index contributed by atoms with van der Waals surface area (Å²) in [6.07, 6.45) is -3.71. The molecule has 0 heterocycles. The molecule has 1 amide bonds. The second-order valence-corrected chi connectivity index (χ2v) is 9.64. The maximum atomic E-state index is 13.4. The molecule has 3 aromatic carbocycles. The summed E-state index contributed by atoms with van der Waals surface area (Å²) in [7, 11) is 0. The van der Waals surface area contributed by atoms with Gasteiger partial charge in [0.2, 0.25) is 0 Å². The van der Waals surface area contributed by atoms with Gasteiger partial charge in [-0.05, 0) is 35.9 Å². The van der Waals surface area contributed by atoms with Crippen LogP contribution in [0.5, 0.6) is 0 Å². The Kier molecular flexibility index (Phi) is 8.28. The Hall–Kier alpha value is -2.16. The molecule has 0 radical (unpaired) electrons. The third-order valence-corrected chi connectivity index (χ3v) is 6.89. The van der Waals surface area contributed by atoms with Crippen LogP contribution in [0.1, 0.15) is 5.56 Å². The summed E-state index contributed by atoms with van der Waals surface area (Å²) in [6, 6.07) is 25.5. The van der Waals surface area contributed by atoms with Crippen molar-refractivity contribution in [2.24, 2.45) is 0 Å². The second-order valence-electron chi connectivity index (χ2n) is 6.30. The first kappa shape index (κ1) is 23.5. The number of hydrogen-bond donors (Lipinski definition) is 0. The van der Waals surface area contributed by atoms with Crippen molar-refractivity contribution in [2.45, 2.75) is 22.5 Å². The third-order valence-electron chi connectivity index (χ3n) is 3.99. The smallest absolute Gasteiger partial charge is 0.305 e. The first-order valence-corrected chi connectivity index (χ1v) is 11.5. The highest BCUT2D eigenvalue weighted by atomic mass is 79.9. The van der Waals surface area contributed by atoms with E-state index in [-0.39, 0.29) is 6.54 Å². The minimum absolute atomic E-state index is 0.214. The third kappa shape index (κ3) is 7.19. The van der Waals surface area contributed by atoms with Crippen LogP contribution in [0.25, 0.3) is 0 Å². The van der Waals surface area contributed by atoms with Gasteiger partial charge in [-0.3, -0.25) is 4.79 Å². The molecule has 0 aliphatic heterocycles. The molecule has 160 valence electrons. The Morgan fingerprint density at radius 1 is 0.839 bits per heavy atom. The molecule has 0 unspecified atom stereocenters. The van der Waals surface area contributed by atoms with E-state index in [1.807, 2.05) is 60.7 Å². The molecular weight excluding hydrogens is 507 g/mol. The number of hydrogen-bond acceptors (Lipinski definition) is 3. The fraction of sp³-hybridized carbons (Fsp3) is 0.0870. The normalized spacial score (nSPS) is 11.1. The molecule has 0 bridgehead atoms. The van der Waals surface area contributed by atoms with Crippen LogP contribution in [0.15, 0.2) is 110 Å². The predicted molar refractivity (Wildman–Crippen MR) is 123 cm³/mol. The van der Waals surface area contributed by atoms with Crippen LogP contribution in [-0.2, 0) is 11.3 Å². The summed E-state index contributed by atoms with van der Waals surface area (Å²) < 4.78 is 41.3. The van der Waals surface area contributed by atoms with Gasteiger partial charge in [-0.15, -0.1) is 0 Å². The Balaban J connectivity index is 1.99. The van der Waals surface area contributed by atoms with Gasteiger partial charge in [0, 0.05) is 20.5 Å². The van der Waals surface area contributed by atoms with Crippen molar-refractivity contribution in [1.29, 1.82) is 0 Å². The van der Waals surface area contributed by atoms with Crippen molar-refractivity contribution in [3.63, 3.8) is 0 Å². The molecule has 0 spiro atoms. The summed E-state index contributed by atoms with van der Waals surface area (Å²) >= 11 is 5.96. The van der Waals surface area contributed by atoms with Crippen molar-refractivity contribution in [3.05, 3.63) is 105 Å². The zero-order valence-electron chi connectivity index (χ0n) is 16.1. The fourth-order valence-corrected chi connectivity index (χ4v) is 5.12. The fourth-order valence-electron chi connectivity index (χ4n) is 2.56. The lowest BCUT2D eigenvalue weighted by atomic mass is 10.2. The Labute approximate surface area is 195 Å². The largest absolute Gasteiger partial charge is 0.471 e. The van der Waals surface area contributed by atoms with Crippen LogP contribution in [0.3, 0.4) is 0 Å². The van der Waals surface area contributed by atoms with Crippen LogP contribution < -0.4 is 0 Å². The lowest BCUT2D eigenvalue weighted by Gasteiger charge is -2.22. The van der Waals surface area contributed by atoms with Gasteiger partial charge in [0.1, 0.15) is 0 Å². The van der Waals surface area contributed by atoms with Crippen molar-refractivity contribution in [1.82, 2.24) is 4.90 Å². The highest BCUT2D eigenvalue weighted by Crippen LogP contribution is 2.40. The van der Waals surface area contributed by atoms with Gasteiger partial charge in [-0.25, -0.2) is 0 Å². The number of alkyl halides is 3. The van der Waals surface area contributed by atoms with E-state index in [9.17, 15) is 18.0 Å². The summed E-state index contributed by atoms with van der Waals surface area (Å²) in [6.45, 7) is -0.214. The topological polar surface area (TPSA) is 20.3 Å². The Morgan fingerprint density at radius 2 is 1.32 bits per heavy atom. The first-order chi connectivity index (χ1) is 14.8. The maximum absolute atomic E-state index is 13.4. The van der Waals surface area contributed by atoms with Crippen molar-refractivity contribution in [3.8, 4) is 0 Å². The molecule has 8 heteroatoms. The molecule has 3 rings (SSSR count). The van der Waals surface area contributed by atoms with Gasteiger partial charge < -0.3 is 4.90 Å². The minimum Gasteiger partial charge on any atom is -0.305 e. The van der Waals surface area contributed by atoms with E-state index in [0.29, 0.717) is 14.3 Å². The van der Waals surface area contributed by atoms with Gasteiger partial charge in [0.25, 0.3) is 0 Å². The van der Waals surface area contributed by atoms with E-state index >= 15 is 0 Å². The lowest BCUT2D eigenvalue weighted by Crippen LogP contribution is -2.37. The minimum atomic E-state index is -4.99. The van der Waals surface area contributed by atoms with E-state index in [4.69, 9.17) is 0 Å². The van der Waals surface area contributed by atoms with E-state index < -0.39 is 12.1 Å². The molecule has 0 aliphatic rings. The molecule has 0 atom stereocenters. The van der Waals surface area contributed by atoms with Crippen LogP contribution in [0.4, 0.5) is 13.2 Å². The van der Waals surface area contributed by atoms with E-state index in [1.54, 1.807) is 24.3 Å². The van der Waals surface area contributed by atoms with E-state index in [2.05, 4.69) is 15.9 Å². The number of thioether (sulfide) groups is 2. The summed E-state index contributed by atoms with van der Waals surface area (Å²) in [5, 5.41) is 0. The standard InChI is InChI=1S/C23H17BrF3NOS2/c24-20-14-8-7-9-17(20)15-28(22(29)23(25,26)27)16-21(30-18-10-3-1-4-11-18)31-19-12-5-2-6-13-19/h1-14,16H,15H2. The Bertz CT molecular complexity index is 1000. The van der Waals surface area contributed by atoms with Crippen molar-refractivity contribution in [2.75, 3.05) is 0 Å². The molecule has 2 nitrogen and oxygen atoms in total. The molecule has 31 heavy (non-hydrogen) atoms. The quantitative estimate of drug-likeness (QED) is 0.295. The maximum Gasteiger partial charge on any atom is 0.471 e. The summed E-state index contributed by atoms with van der Waals surface area (Å²) in [5.41, 5.74) is 0.574. The molecule has 0 fully saturated rings. The Morgan fingerprint density at radius 3 is 1.81 bits per heavy atom. The molecular formula is C23H17BrF3NOS2. The van der Waals surface area contributed by atoms with Crippen LogP contribution in [-0.4, -0.2) is 17.0 Å². The van der Waals surface area contributed by atoms with E-state index in [0.717, 1.165) is 14.7 Å². The van der Waals surface area contributed by atoms with Crippen molar-refractivity contribution >= 4 is 45.4 Å². The summed E-state index contributed by atoms with van der Waals surface area (Å²) in [5.74, 6) is -1.91. The predicted octanol–water partition coefficient (Wildman–Crippen LogP) is 7.72. The monoisotopic (exact) mass is 523 g/mol. The van der Waals surface area contributed by atoms with Gasteiger partial charge in [0.15, 0.2) is 0 Å². The molecule has 0 aliphatic carbocycles. The highest BCUT2D eigenvalue weighted by molar-refractivity contribution is 9.10. The van der Waals surface area contributed by atoms with Gasteiger partial charge in [-0.1, -0.05) is 94.1 Å². The molecule has 0 aromatic heterocycles. The van der Waals surface area contributed by atoms with Crippen molar-refractivity contribution < 1.29 is 18.0 Å². The lowest BCUT2D eigenvalue weighted by molar-refractivity contribution is -0.183. The molecule has 0 N–H and O–H groups in total.